The molecule has 9 heteroatoms. The number of carbonyl (C=O) groups excluding carboxylic acids is 1. The molecule has 2 aromatic rings. The van der Waals surface area contributed by atoms with Crippen molar-refractivity contribution in [2.75, 3.05) is 0 Å². The Kier molecular flexibility index (Phi) is 3.58. The molecule has 1 heterocycles. The van der Waals surface area contributed by atoms with Crippen molar-refractivity contribution in [2.45, 2.75) is 11.4 Å². The lowest BCUT2D eigenvalue weighted by molar-refractivity contribution is 0.0946. The van der Waals surface area contributed by atoms with Crippen LogP contribution in [0.1, 0.15) is 16.1 Å². The van der Waals surface area contributed by atoms with Gasteiger partial charge in [-0.25, -0.2) is 13.6 Å². The van der Waals surface area contributed by atoms with Crippen LogP contribution in [0.4, 0.5) is 0 Å². The van der Waals surface area contributed by atoms with E-state index < -0.39 is 15.9 Å². The van der Waals surface area contributed by atoms with E-state index in [1.54, 1.807) is 12.1 Å². The average Bonchev–Trinajstić information content (AvgIpc) is 2.89. The third-order valence-corrected chi connectivity index (χ3v) is 3.24. The minimum atomic E-state index is -3.75. The van der Waals surface area contributed by atoms with Crippen molar-refractivity contribution in [3.05, 3.63) is 41.7 Å². The molecule has 1 aromatic heterocycles. The molecular weight excluding hydrogens is 270 g/mol. The molecule has 0 unspecified atom stereocenters. The number of H-pyrrole nitrogens is 1. The number of primary sulfonamides is 1. The number of aromatic amines is 1. The van der Waals surface area contributed by atoms with Gasteiger partial charge in [-0.2, -0.15) is 15.4 Å². The van der Waals surface area contributed by atoms with Crippen molar-refractivity contribution in [3.8, 4) is 0 Å². The summed E-state index contributed by atoms with van der Waals surface area (Å²) in [5, 5.41) is 17.1. The van der Waals surface area contributed by atoms with Crippen LogP contribution in [-0.4, -0.2) is 29.7 Å². The first-order valence-electron chi connectivity index (χ1n) is 5.22. The van der Waals surface area contributed by atoms with Gasteiger partial charge in [-0.1, -0.05) is 12.1 Å². The van der Waals surface area contributed by atoms with E-state index in [9.17, 15) is 13.2 Å². The lowest BCUT2D eigenvalue weighted by atomic mass is 10.2. The fraction of sp³-hybridized carbons (Fsp3) is 0.100. The van der Waals surface area contributed by atoms with Crippen LogP contribution >= 0.6 is 0 Å². The topological polar surface area (TPSA) is 131 Å². The fourth-order valence-electron chi connectivity index (χ4n) is 1.42. The second-order valence-electron chi connectivity index (χ2n) is 3.73. The summed E-state index contributed by atoms with van der Waals surface area (Å²) >= 11 is 0. The Morgan fingerprint density at radius 1 is 1.42 bits per heavy atom. The number of sulfonamides is 1. The third-order valence-electron chi connectivity index (χ3n) is 2.33. The van der Waals surface area contributed by atoms with Crippen LogP contribution in [0.15, 0.2) is 35.4 Å². The number of aromatic nitrogens is 3. The molecule has 0 radical (unpaired) electrons. The van der Waals surface area contributed by atoms with Gasteiger partial charge in [-0.3, -0.25) is 4.79 Å². The number of hydrogen-bond donors (Lipinski definition) is 3. The second-order valence-corrected chi connectivity index (χ2v) is 5.29. The first-order chi connectivity index (χ1) is 8.97. The van der Waals surface area contributed by atoms with Gasteiger partial charge in [0.25, 0.3) is 5.91 Å². The molecule has 1 aromatic carbocycles. The standard InChI is InChI=1S/C10H11N5O3S/c11-19(17,18)8-3-1-2-7(4-8)5-12-10(16)9-6-13-15-14-9/h1-4,6H,5H2,(H,12,16)(H2,11,17,18)(H,13,14,15). The Balaban J connectivity index is 2.06. The maximum Gasteiger partial charge on any atom is 0.273 e. The first kappa shape index (κ1) is 13.2. The van der Waals surface area contributed by atoms with Crippen LogP contribution in [0.5, 0.6) is 0 Å². The van der Waals surface area contributed by atoms with E-state index in [1.807, 2.05) is 0 Å². The third kappa shape index (κ3) is 3.36. The number of hydrogen-bond acceptors (Lipinski definition) is 5. The van der Waals surface area contributed by atoms with Gasteiger partial charge < -0.3 is 5.32 Å². The Bertz CT molecular complexity index is 681. The largest absolute Gasteiger partial charge is 0.347 e. The van der Waals surface area contributed by atoms with Crippen molar-refractivity contribution in [2.24, 2.45) is 5.14 Å². The van der Waals surface area contributed by atoms with Crippen molar-refractivity contribution in [1.82, 2.24) is 20.7 Å². The summed E-state index contributed by atoms with van der Waals surface area (Å²) in [7, 11) is -3.75. The number of nitrogens with zero attached hydrogens (tertiary/aromatic N) is 2. The maximum atomic E-state index is 11.6. The molecule has 0 atom stereocenters. The van der Waals surface area contributed by atoms with E-state index >= 15 is 0 Å². The molecule has 0 saturated heterocycles. The summed E-state index contributed by atoms with van der Waals surface area (Å²) in [5.74, 6) is -0.408. The SMILES string of the molecule is NS(=O)(=O)c1cccc(CNC(=O)c2cn[nH]n2)c1. The predicted molar refractivity (Wildman–Crippen MR) is 65.4 cm³/mol. The number of nitrogens with two attached hydrogens (primary N) is 1. The second kappa shape index (κ2) is 5.16. The zero-order valence-corrected chi connectivity index (χ0v) is 10.5. The minimum absolute atomic E-state index is 0.000634. The van der Waals surface area contributed by atoms with E-state index in [0.717, 1.165) is 0 Å². The molecule has 0 aliphatic heterocycles. The molecule has 1 amide bonds. The van der Waals surface area contributed by atoms with E-state index in [1.165, 1.54) is 18.3 Å². The molecule has 2 rings (SSSR count). The molecule has 0 bridgehead atoms. The molecule has 8 nitrogen and oxygen atoms in total. The Morgan fingerprint density at radius 2 is 2.21 bits per heavy atom. The van der Waals surface area contributed by atoms with E-state index in [2.05, 4.69) is 20.7 Å². The number of amides is 1. The normalized spacial score (nSPS) is 11.2. The van der Waals surface area contributed by atoms with Gasteiger partial charge in [0, 0.05) is 6.54 Å². The van der Waals surface area contributed by atoms with Crippen LogP contribution in [0.3, 0.4) is 0 Å². The predicted octanol–water partition coefficient (Wildman–Crippen LogP) is -0.618. The van der Waals surface area contributed by atoms with Gasteiger partial charge in [0.05, 0.1) is 11.1 Å². The molecule has 19 heavy (non-hydrogen) atoms. The number of nitrogens with one attached hydrogen (secondary N) is 2. The highest BCUT2D eigenvalue weighted by atomic mass is 32.2. The average molecular weight is 281 g/mol. The first-order valence-corrected chi connectivity index (χ1v) is 6.77. The Hall–Kier alpha value is -2.26. The van der Waals surface area contributed by atoms with Crippen molar-refractivity contribution in [3.63, 3.8) is 0 Å². The van der Waals surface area contributed by atoms with E-state index in [-0.39, 0.29) is 17.1 Å². The molecule has 0 saturated carbocycles. The van der Waals surface area contributed by atoms with Crippen molar-refractivity contribution in [1.29, 1.82) is 0 Å². The highest BCUT2D eigenvalue weighted by Crippen LogP contribution is 2.09. The summed E-state index contributed by atoms with van der Waals surface area (Å²) in [6, 6.07) is 6.02. The number of benzene rings is 1. The van der Waals surface area contributed by atoms with Gasteiger partial charge in [0.1, 0.15) is 0 Å². The molecule has 0 spiro atoms. The maximum absolute atomic E-state index is 11.6. The van der Waals surface area contributed by atoms with Crippen LogP contribution in [0.2, 0.25) is 0 Å². The van der Waals surface area contributed by atoms with Crippen LogP contribution in [0.25, 0.3) is 0 Å². The minimum Gasteiger partial charge on any atom is -0.347 e. The fourth-order valence-corrected chi connectivity index (χ4v) is 2.00. The van der Waals surface area contributed by atoms with Gasteiger partial charge in [0.2, 0.25) is 10.0 Å². The highest BCUT2D eigenvalue weighted by Gasteiger charge is 2.10. The van der Waals surface area contributed by atoms with Gasteiger partial charge in [0.15, 0.2) is 5.69 Å². The van der Waals surface area contributed by atoms with Crippen LogP contribution in [0, 0.1) is 0 Å². The Labute approximate surface area is 109 Å². The van der Waals surface area contributed by atoms with Crippen LogP contribution in [-0.2, 0) is 16.6 Å². The molecule has 0 aliphatic carbocycles. The van der Waals surface area contributed by atoms with E-state index in [4.69, 9.17) is 5.14 Å². The molecule has 4 N–H and O–H groups in total. The lowest BCUT2D eigenvalue weighted by Crippen LogP contribution is -2.23. The van der Waals surface area contributed by atoms with Gasteiger partial charge in [-0.05, 0) is 17.7 Å². The zero-order valence-electron chi connectivity index (χ0n) is 9.70. The smallest absolute Gasteiger partial charge is 0.273 e. The summed E-state index contributed by atoms with van der Waals surface area (Å²) in [6.07, 6.45) is 1.29. The summed E-state index contributed by atoms with van der Waals surface area (Å²) in [6.45, 7) is 0.162. The van der Waals surface area contributed by atoms with Gasteiger partial charge in [-0.15, -0.1) is 0 Å². The lowest BCUT2D eigenvalue weighted by Gasteiger charge is -2.05. The summed E-state index contributed by atoms with van der Waals surface area (Å²) in [4.78, 5) is 11.6. The van der Waals surface area contributed by atoms with Crippen molar-refractivity contribution < 1.29 is 13.2 Å². The molecule has 100 valence electrons. The highest BCUT2D eigenvalue weighted by molar-refractivity contribution is 7.89. The number of rotatable bonds is 4. The van der Waals surface area contributed by atoms with E-state index in [0.29, 0.717) is 5.56 Å². The molecular formula is C10H11N5O3S. The van der Waals surface area contributed by atoms with Crippen LogP contribution < -0.4 is 10.5 Å². The quantitative estimate of drug-likeness (QED) is 0.687. The summed E-state index contributed by atoms with van der Waals surface area (Å²) in [5.41, 5.74) is 0.769. The molecule has 0 aliphatic rings. The summed E-state index contributed by atoms with van der Waals surface area (Å²) < 4.78 is 22.4. The molecule has 0 fully saturated rings. The Morgan fingerprint density at radius 3 is 2.84 bits per heavy atom. The zero-order chi connectivity index (χ0) is 13.9. The monoisotopic (exact) mass is 281 g/mol. The van der Waals surface area contributed by atoms with Gasteiger partial charge >= 0.3 is 0 Å². The number of carbonyl (C=O) groups is 1. The van der Waals surface area contributed by atoms with Crippen molar-refractivity contribution >= 4 is 15.9 Å².